The summed E-state index contributed by atoms with van der Waals surface area (Å²) in [5, 5.41) is 12.3. The number of hydrogen-bond donors (Lipinski definition) is 2. The van der Waals surface area contributed by atoms with Crippen molar-refractivity contribution in [3.63, 3.8) is 0 Å². The van der Waals surface area contributed by atoms with Crippen LogP contribution in [-0.2, 0) is 33.7 Å². The molecule has 2 aromatic carbocycles. The van der Waals surface area contributed by atoms with E-state index in [4.69, 9.17) is 15.5 Å². The number of carbonyl (C=O) groups is 2. The molecule has 2 aromatic heterocycles. The molecule has 0 saturated carbocycles. The number of pyridine rings is 1. The third-order valence-electron chi connectivity index (χ3n) is 10.5. The van der Waals surface area contributed by atoms with Crippen molar-refractivity contribution in [3.8, 4) is 22.4 Å². The first-order valence-corrected chi connectivity index (χ1v) is 18.2. The highest BCUT2D eigenvalue weighted by Crippen LogP contribution is 2.43. The van der Waals surface area contributed by atoms with Crippen LogP contribution in [0.2, 0.25) is 0 Å². The van der Waals surface area contributed by atoms with Gasteiger partial charge < -0.3 is 29.8 Å². The second-order valence-electron chi connectivity index (χ2n) is 15.1. The molecule has 50 heavy (non-hydrogen) atoms. The molecule has 6 rings (SSSR count). The third kappa shape index (κ3) is 7.65. The van der Waals surface area contributed by atoms with Crippen LogP contribution in [0.25, 0.3) is 33.3 Å². The lowest BCUT2D eigenvalue weighted by molar-refractivity contribution is -0.143. The van der Waals surface area contributed by atoms with E-state index in [1.165, 1.54) is 32.7 Å². The molecular weight excluding hydrogens is 626 g/mol. The van der Waals surface area contributed by atoms with E-state index < -0.39 is 12.1 Å². The summed E-state index contributed by atoms with van der Waals surface area (Å²) < 4.78 is 7.93. The molecule has 2 saturated heterocycles. The van der Waals surface area contributed by atoms with Gasteiger partial charge >= 0.3 is 5.97 Å². The van der Waals surface area contributed by atoms with Crippen LogP contribution in [0.5, 0.6) is 0 Å². The van der Waals surface area contributed by atoms with Gasteiger partial charge in [-0.15, -0.1) is 0 Å². The number of benzene rings is 2. The maximum absolute atomic E-state index is 11.9. The number of esters is 1. The fraction of sp³-hybridized carbons (Fsp3) is 0.488. The lowest BCUT2D eigenvalue weighted by Gasteiger charge is -2.45. The SMILES string of the molecule is CCn1c(-c2cc(N3CCN4CCCCC4C3)cnc2C(C)O)c(CC(C)(C)COC(C)=O)c2cc(-c3cccc(CC(N)C=O)c3)ccc21. The van der Waals surface area contributed by atoms with Crippen molar-refractivity contribution in [2.24, 2.45) is 11.1 Å². The minimum absolute atomic E-state index is 0.284. The molecule has 4 heterocycles. The number of aliphatic hydroxyl groups excluding tert-OH is 1. The molecule has 9 heteroatoms. The second-order valence-corrected chi connectivity index (χ2v) is 15.1. The number of aldehydes is 1. The van der Waals surface area contributed by atoms with Gasteiger partial charge in [-0.05, 0) is 86.5 Å². The summed E-state index contributed by atoms with van der Waals surface area (Å²) in [6.07, 6.45) is 6.87. The van der Waals surface area contributed by atoms with Gasteiger partial charge in [-0.1, -0.05) is 50.6 Å². The summed E-state index contributed by atoms with van der Waals surface area (Å²) in [5.41, 5.74) is 14.7. The Morgan fingerprint density at radius 2 is 1.92 bits per heavy atom. The van der Waals surface area contributed by atoms with Gasteiger partial charge in [0, 0.05) is 61.0 Å². The van der Waals surface area contributed by atoms with Crippen LogP contribution in [0.1, 0.15) is 76.8 Å². The van der Waals surface area contributed by atoms with Crippen LogP contribution in [0.4, 0.5) is 5.69 Å². The Balaban J connectivity index is 1.52. The highest BCUT2D eigenvalue weighted by atomic mass is 16.5. The smallest absolute Gasteiger partial charge is 0.302 e. The van der Waals surface area contributed by atoms with Crippen LogP contribution < -0.4 is 10.6 Å². The van der Waals surface area contributed by atoms with Gasteiger partial charge in [-0.2, -0.15) is 0 Å². The number of piperidine rings is 1. The summed E-state index contributed by atoms with van der Waals surface area (Å²) in [7, 11) is 0. The molecule has 0 aliphatic carbocycles. The fourth-order valence-electron chi connectivity index (χ4n) is 7.99. The zero-order valence-corrected chi connectivity index (χ0v) is 30.3. The van der Waals surface area contributed by atoms with E-state index in [1.54, 1.807) is 6.92 Å². The molecule has 0 spiro atoms. The zero-order chi connectivity index (χ0) is 35.6. The summed E-state index contributed by atoms with van der Waals surface area (Å²) in [6.45, 7) is 14.8. The topological polar surface area (TPSA) is 114 Å². The third-order valence-corrected chi connectivity index (χ3v) is 10.5. The Kier molecular flexibility index (Phi) is 10.8. The van der Waals surface area contributed by atoms with Gasteiger partial charge in [0.25, 0.3) is 0 Å². The minimum Gasteiger partial charge on any atom is -0.465 e. The Morgan fingerprint density at radius 3 is 2.66 bits per heavy atom. The molecule has 0 bridgehead atoms. The lowest BCUT2D eigenvalue weighted by atomic mass is 9.84. The van der Waals surface area contributed by atoms with Crippen molar-refractivity contribution in [2.45, 2.75) is 91.5 Å². The number of piperazine rings is 1. The number of aliphatic hydroxyl groups is 1. The predicted octanol–water partition coefficient (Wildman–Crippen LogP) is 6.32. The average molecular weight is 680 g/mol. The van der Waals surface area contributed by atoms with E-state index in [2.05, 4.69) is 71.5 Å². The fourth-order valence-corrected chi connectivity index (χ4v) is 7.99. The number of aryl methyl sites for hydroxylation is 1. The normalized spacial score (nSPS) is 18.1. The largest absolute Gasteiger partial charge is 0.465 e. The number of hydrogen-bond acceptors (Lipinski definition) is 8. The molecule has 2 aliphatic heterocycles. The van der Waals surface area contributed by atoms with Crippen molar-refractivity contribution in [1.82, 2.24) is 14.5 Å². The molecule has 0 amide bonds. The minimum atomic E-state index is -0.768. The van der Waals surface area contributed by atoms with E-state index in [0.29, 0.717) is 24.6 Å². The Labute approximate surface area is 296 Å². The van der Waals surface area contributed by atoms with Gasteiger partial charge in [0.1, 0.15) is 6.29 Å². The van der Waals surface area contributed by atoms with E-state index in [1.807, 2.05) is 18.3 Å². The van der Waals surface area contributed by atoms with Crippen LogP contribution in [0.15, 0.2) is 54.7 Å². The van der Waals surface area contributed by atoms with Gasteiger partial charge in [0.05, 0.1) is 42.0 Å². The van der Waals surface area contributed by atoms with E-state index in [-0.39, 0.29) is 18.0 Å². The Bertz CT molecular complexity index is 1850. The number of carbonyl (C=O) groups excluding carboxylic acids is 2. The van der Waals surface area contributed by atoms with Gasteiger partial charge in [-0.3, -0.25) is 14.7 Å². The molecule has 2 fully saturated rings. The maximum Gasteiger partial charge on any atom is 0.302 e. The molecule has 3 atom stereocenters. The quantitative estimate of drug-likeness (QED) is 0.132. The van der Waals surface area contributed by atoms with E-state index >= 15 is 0 Å². The van der Waals surface area contributed by atoms with Crippen molar-refractivity contribution in [3.05, 3.63) is 71.5 Å². The van der Waals surface area contributed by atoms with E-state index in [9.17, 15) is 14.7 Å². The van der Waals surface area contributed by atoms with Crippen molar-refractivity contribution in [2.75, 3.05) is 37.7 Å². The predicted molar refractivity (Wildman–Crippen MR) is 200 cm³/mol. The van der Waals surface area contributed by atoms with E-state index in [0.717, 1.165) is 82.6 Å². The molecule has 0 radical (unpaired) electrons. The summed E-state index contributed by atoms with van der Waals surface area (Å²) in [6, 6.07) is 17.1. The second kappa shape index (κ2) is 15.1. The molecule has 9 nitrogen and oxygen atoms in total. The van der Waals surface area contributed by atoms with Crippen LogP contribution >= 0.6 is 0 Å². The number of ether oxygens (including phenoxy) is 1. The number of fused-ring (bicyclic) bond motifs is 2. The number of nitrogens with zero attached hydrogens (tertiary/aromatic N) is 4. The average Bonchev–Trinajstić information content (AvgIpc) is 3.41. The van der Waals surface area contributed by atoms with Crippen LogP contribution in [0, 0.1) is 5.41 Å². The van der Waals surface area contributed by atoms with Crippen LogP contribution in [-0.4, -0.2) is 76.7 Å². The number of nitrogens with two attached hydrogens (primary N) is 1. The van der Waals surface area contributed by atoms with Crippen LogP contribution in [0.3, 0.4) is 0 Å². The summed E-state index contributed by atoms with van der Waals surface area (Å²) in [4.78, 5) is 33.3. The first-order valence-electron chi connectivity index (χ1n) is 18.2. The number of rotatable bonds is 12. The van der Waals surface area contributed by atoms with Gasteiger partial charge in [0.2, 0.25) is 0 Å². The monoisotopic (exact) mass is 679 g/mol. The maximum atomic E-state index is 11.9. The van der Waals surface area contributed by atoms with Gasteiger partial charge in [0.15, 0.2) is 0 Å². The molecule has 4 aromatic rings. The molecule has 266 valence electrons. The molecule has 2 aliphatic rings. The highest BCUT2D eigenvalue weighted by molar-refractivity contribution is 5.95. The summed E-state index contributed by atoms with van der Waals surface area (Å²) >= 11 is 0. The first kappa shape index (κ1) is 35.8. The highest BCUT2D eigenvalue weighted by Gasteiger charge is 2.32. The van der Waals surface area contributed by atoms with Crippen molar-refractivity contribution >= 4 is 28.8 Å². The molecule has 3 unspecified atom stereocenters. The molecule has 3 N–H and O–H groups in total. The first-order chi connectivity index (χ1) is 24.0. The Hall–Kier alpha value is -4.05. The summed E-state index contributed by atoms with van der Waals surface area (Å²) in [5.74, 6) is -0.294. The lowest BCUT2D eigenvalue weighted by Crippen LogP contribution is -2.54. The molecular formula is C41H53N5O4. The van der Waals surface area contributed by atoms with Gasteiger partial charge in [-0.25, -0.2) is 0 Å². The van der Waals surface area contributed by atoms with Crippen molar-refractivity contribution in [1.29, 1.82) is 0 Å². The number of aromatic nitrogens is 2. The standard InChI is InChI=1S/C41H53N5O4/c1-6-46-38-14-13-31(30-11-9-10-29(18-30)19-32(42)25-47)20-35(38)37(22-41(4,5)26-50-28(3)49)40(46)36-21-34(23-43-39(36)27(2)48)45-17-16-44-15-8-7-12-33(44)24-45/h9-11,13-14,18,20-21,23,25,27,32-33,48H,6-8,12,15-17,19,22,24,26,42H2,1-5H3. The number of anilines is 1. The Morgan fingerprint density at radius 1 is 1.12 bits per heavy atom. The van der Waals surface area contributed by atoms with Crippen molar-refractivity contribution < 1.29 is 19.4 Å². The zero-order valence-electron chi connectivity index (χ0n) is 30.3.